The summed E-state index contributed by atoms with van der Waals surface area (Å²) >= 11 is 0. The number of hydrogen-bond donors (Lipinski definition) is 0. The van der Waals surface area contributed by atoms with Crippen LogP contribution in [0.25, 0.3) is 44.4 Å². The summed E-state index contributed by atoms with van der Waals surface area (Å²) in [5, 5.41) is 5.78. The van der Waals surface area contributed by atoms with Gasteiger partial charge in [0.2, 0.25) is 0 Å². The quantitative estimate of drug-likeness (QED) is 0.128. The van der Waals surface area contributed by atoms with Gasteiger partial charge in [0, 0.05) is 46.6 Å². The number of alkyl halides is 6. The van der Waals surface area contributed by atoms with Crippen molar-refractivity contribution in [2.75, 3.05) is 0 Å². The molecule has 7 rings (SSSR count). The fraction of sp³-hybridized carbons (Fsp3) is 0.111. The Bertz CT molecular complexity index is 2320. The van der Waals surface area contributed by atoms with Gasteiger partial charge in [-0.15, -0.1) is 35.7 Å². The summed E-state index contributed by atoms with van der Waals surface area (Å²) in [6.45, 7) is 2.25. The zero-order valence-corrected chi connectivity index (χ0v) is 27.6. The molecule has 0 saturated heterocycles. The molecule has 0 unspecified atom stereocenters. The van der Waals surface area contributed by atoms with Crippen LogP contribution in [0.2, 0.25) is 0 Å². The minimum absolute atomic E-state index is 0. The van der Waals surface area contributed by atoms with Crippen LogP contribution in [-0.4, -0.2) is 19.3 Å². The van der Waals surface area contributed by atoms with Crippen molar-refractivity contribution in [3.63, 3.8) is 0 Å². The average molecular weight is 854 g/mol. The van der Waals surface area contributed by atoms with Crippen LogP contribution < -0.4 is 4.74 Å². The molecule has 0 fully saturated rings. The third kappa shape index (κ3) is 6.21. The molecule has 3 aromatic heterocycles. The number of ether oxygens (including phenoxy) is 1. The van der Waals surface area contributed by atoms with Gasteiger partial charge in [-0.1, -0.05) is 29.8 Å². The molecular weight excluding hydrogens is 832 g/mol. The minimum Gasteiger partial charge on any atom is -0.509 e. The number of nitrogens with zero attached hydrogens (tertiary/aromatic N) is 4. The van der Waals surface area contributed by atoms with E-state index in [2.05, 4.69) is 22.2 Å². The van der Waals surface area contributed by atoms with Crippen molar-refractivity contribution >= 4 is 21.8 Å². The molecule has 0 spiro atoms. The van der Waals surface area contributed by atoms with E-state index in [0.29, 0.717) is 11.3 Å². The first-order valence-corrected chi connectivity index (χ1v) is 14.4. The Morgan fingerprint density at radius 1 is 0.755 bits per heavy atom. The van der Waals surface area contributed by atoms with E-state index in [4.69, 9.17) is 4.74 Å². The van der Waals surface area contributed by atoms with Crippen molar-refractivity contribution in [3.05, 3.63) is 132 Å². The van der Waals surface area contributed by atoms with Crippen molar-refractivity contribution in [2.24, 2.45) is 0 Å². The predicted molar refractivity (Wildman–Crippen MR) is 165 cm³/mol. The molecular formula is C36H21F7N4OPt. The molecule has 0 atom stereocenters. The van der Waals surface area contributed by atoms with Crippen LogP contribution in [0, 0.1) is 31.8 Å². The number of rotatable bonds is 5. The number of fused-ring (bicyclic) bond motifs is 3. The number of hydrogen-bond acceptors (Lipinski definition) is 3. The second-order valence-electron chi connectivity index (χ2n) is 11.1. The molecule has 0 aliphatic rings. The summed E-state index contributed by atoms with van der Waals surface area (Å²) in [5.41, 5.74) is -3.24. The first-order chi connectivity index (χ1) is 22.8. The van der Waals surface area contributed by atoms with Gasteiger partial charge in [-0.05, 0) is 48.2 Å². The zero-order chi connectivity index (χ0) is 34.0. The molecule has 0 N–H and O–H groups in total. The molecule has 0 aliphatic carbocycles. The third-order valence-electron chi connectivity index (χ3n) is 7.87. The smallest absolute Gasteiger partial charge is 0.509 e. The molecule has 250 valence electrons. The standard InChI is InChI=1S/C36H21F7N4O.Pt/c1-20-14-21(2)34(36(41,42)43)32(33(20)35(38,39)40)22-18-45-46(19-22)24-6-5-7-25(16-24)48-26-10-11-28-27-8-3-4-9-29(27)47(30(28)17-26)31-15-23(37)12-13-44-31;/h3-15,18-19H,1-2H3;/q-2;+2. The van der Waals surface area contributed by atoms with Crippen LogP contribution in [0.3, 0.4) is 0 Å². The van der Waals surface area contributed by atoms with E-state index < -0.39 is 34.9 Å². The summed E-state index contributed by atoms with van der Waals surface area (Å²) in [5.74, 6) is 0.305. The number of benzene rings is 4. The van der Waals surface area contributed by atoms with Gasteiger partial charge in [-0.2, -0.15) is 43.6 Å². The second kappa shape index (κ2) is 12.5. The summed E-state index contributed by atoms with van der Waals surface area (Å²) in [4.78, 5) is 4.33. The van der Waals surface area contributed by atoms with Gasteiger partial charge in [0.15, 0.2) is 0 Å². The number of halogens is 7. The maximum absolute atomic E-state index is 14.2. The van der Waals surface area contributed by atoms with E-state index >= 15 is 0 Å². The number of para-hydroxylation sites is 1. The molecule has 7 aromatic rings. The van der Waals surface area contributed by atoms with Crippen LogP contribution in [-0.2, 0) is 33.4 Å². The van der Waals surface area contributed by atoms with E-state index in [9.17, 15) is 30.7 Å². The maximum atomic E-state index is 14.2. The van der Waals surface area contributed by atoms with Crippen LogP contribution >= 0.6 is 0 Å². The fourth-order valence-corrected chi connectivity index (χ4v) is 6.03. The Hall–Kier alpha value is -4.96. The third-order valence-corrected chi connectivity index (χ3v) is 7.87. The first-order valence-electron chi connectivity index (χ1n) is 14.4. The predicted octanol–water partition coefficient (Wildman–Crippen LogP) is 10.2. The molecule has 4 aromatic carbocycles. The average Bonchev–Trinajstić information content (AvgIpc) is 3.63. The molecule has 5 nitrogen and oxygen atoms in total. The van der Waals surface area contributed by atoms with Crippen LogP contribution in [0.1, 0.15) is 22.3 Å². The molecule has 0 bridgehead atoms. The zero-order valence-electron chi connectivity index (χ0n) is 25.3. The van der Waals surface area contributed by atoms with Gasteiger partial charge in [-0.25, -0.2) is 9.37 Å². The van der Waals surface area contributed by atoms with E-state index in [0.717, 1.165) is 53.3 Å². The maximum Gasteiger partial charge on any atom is 2.00 e. The molecule has 3 heterocycles. The summed E-state index contributed by atoms with van der Waals surface area (Å²) < 4.78 is 108. The van der Waals surface area contributed by atoms with Crippen molar-refractivity contribution in [1.29, 1.82) is 0 Å². The Balaban J connectivity index is 0.00000417. The van der Waals surface area contributed by atoms with Crippen molar-refractivity contribution < 1.29 is 56.5 Å². The fourth-order valence-electron chi connectivity index (χ4n) is 6.03. The SMILES string of the molecule is Cc1cc(C)c(C(F)(F)F)c(-c2cnn(-c3[c-]c(Oc4[c-]c5c(cc4)c4ccccc4n5-c4cc(F)ccn4)ccc3)c2)c1C(F)(F)F.[Pt+2]. The minimum atomic E-state index is -5.05. The largest absolute Gasteiger partial charge is 2.00 e. The van der Waals surface area contributed by atoms with Gasteiger partial charge < -0.3 is 9.30 Å². The molecule has 0 radical (unpaired) electrons. The van der Waals surface area contributed by atoms with Crippen LogP contribution in [0.15, 0.2) is 91.4 Å². The number of pyridine rings is 1. The Morgan fingerprint density at radius 2 is 1.45 bits per heavy atom. The molecule has 49 heavy (non-hydrogen) atoms. The van der Waals surface area contributed by atoms with Crippen molar-refractivity contribution in [3.8, 4) is 34.1 Å². The van der Waals surface area contributed by atoms with E-state index in [1.54, 1.807) is 22.8 Å². The number of aromatic nitrogens is 4. The Kier molecular flexibility index (Phi) is 8.65. The van der Waals surface area contributed by atoms with Crippen molar-refractivity contribution in [2.45, 2.75) is 26.2 Å². The topological polar surface area (TPSA) is 44.9 Å². The first kappa shape index (κ1) is 33.9. The molecule has 0 aliphatic heterocycles. The second-order valence-corrected chi connectivity index (χ2v) is 11.1. The van der Waals surface area contributed by atoms with Crippen molar-refractivity contribution in [1.82, 2.24) is 19.3 Å². The number of aryl methyl sites for hydroxylation is 2. The van der Waals surface area contributed by atoms with Gasteiger partial charge in [0.05, 0.1) is 17.3 Å². The molecule has 0 saturated carbocycles. The van der Waals surface area contributed by atoms with Gasteiger partial charge >= 0.3 is 33.4 Å². The normalized spacial score (nSPS) is 12.0. The van der Waals surface area contributed by atoms with E-state index in [1.807, 2.05) is 30.3 Å². The summed E-state index contributed by atoms with van der Waals surface area (Å²) in [6.07, 6.45) is -6.69. The van der Waals surface area contributed by atoms with Crippen LogP contribution in [0.4, 0.5) is 30.7 Å². The van der Waals surface area contributed by atoms with Gasteiger partial charge in [0.1, 0.15) is 11.6 Å². The molecule has 0 amide bonds. The Labute approximate surface area is 288 Å². The van der Waals surface area contributed by atoms with Gasteiger partial charge in [0.25, 0.3) is 0 Å². The Morgan fingerprint density at radius 3 is 2.14 bits per heavy atom. The van der Waals surface area contributed by atoms with E-state index in [-0.39, 0.29) is 54.9 Å². The van der Waals surface area contributed by atoms with Crippen LogP contribution in [0.5, 0.6) is 11.5 Å². The summed E-state index contributed by atoms with van der Waals surface area (Å²) in [6, 6.07) is 25.3. The summed E-state index contributed by atoms with van der Waals surface area (Å²) in [7, 11) is 0. The van der Waals surface area contributed by atoms with E-state index in [1.165, 1.54) is 24.4 Å². The molecule has 13 heteroatoms. The van der Waals surface area contributed by atoms with Gasteiger partial charge in [-0.3, -0.25) is 4.68 Å². The monoisotopic (exact) mass is 853 g/mol.